The molecule has 6 nitrogen and oxygen atoms in total. The summed E-state index contributed by atoms with van der Waals surface area (Å²) < 4.78 is 12.2. The number of methoxy groups -OCH3 is 2. The van der Waals surface area contributed by atoms with Crippen molar-refractivity contribution in [1.29, 1.82) is 0 Å². The zero-order valence-corrected chi connectivity index (χ0v) is 15.8. The van der Waals surface area contributed by atoms with Gasteiger partial charge in [-0.25, -0.2) is 4.98 Å². The van der Waals surface area contributed by atoms with E-state index in [9.17, 15) is 0 Å². The topological polar surface area (TPSA) is 69.2 Å². The van der Waals surface area contributed by atoms with Crippen LogP contribution in [0.3, 0.4) is 0 Å². The number of hydrogen-bond donors (Lipinski definition) is 1. The number of anilines is 1. The molecule has 0 amide bonds. The van der Waals surface area contributed by atoms with E-state index < -0.39 is 0 Å². The summed E-state index contributed by atoms with van der Waals surface area (Å²) in [5.41, 5.74) is 1.39. The molecule has 0 atom stereocenters. The van der Waals surface area contributed by atoms with E-state index in [0.717, 1.165) is 5.56 Å². The van der Waals surface area contributed by atoms with Crippen LogP contribution in [0.2, 0.25) is 0 Å². The molecule has 0 fully saturated rings. The van der Waals surface area contributed by atoms with Gasteiger partial charge in [-0.3, -0.25) is 0 Å². The van der Waals surface area contributed by atoms with E-state index in [-0.39, 0.29) is 0 Å². The molecule has 0 saturated heterocycles. The minimum atomic E-state index is 0.456. The van der Waals surface area contributed by atoms with Gasteiger partial charge in [-0.2, -0.15) is 5.10 Å². The Morgan fingerprint density at radius 3 is 2.52 bits per heavy atom. The number of aromatic nitrogens is 3. The normalized spacial score (nSPS) is 10.7. The number of fused-ring (bicyclic) bond motifs is 1. The summed E-state index contributed by atoms with van der Waals surface area (Å²) in [4.78, 5) is 5.80. The van der Waals surface area contributed by atoms with Crippen molar-refractivity contribution in [3.63, 3.8) is 0 Å². The predicted octanol–water partition coefficient (Wildman–Crippen LogP) is 4.38. The number of hydrogen-bond acceptors (Lipinski definition) is 7. The highest BCUT2D eigenvalue weighted by molar-refractivity contribution is 7.19. The maximum atomic E-state index is 5.46. The molecule has 2 aromatic carbocycles. The Hall–Kier alpha value is -3.19. The standard InChI is InChI=1S/C20H18N4O2S/c1-25-16-7-5-8-17(26-2)19(16)15-12-22-24-20(23-15)21-11-14-10-13-6-3-4-9-18(13)27-14/h3-10,12H,11H2,1-2H3,(H,21,23,24). The average Bonchev–Trinajstić information content (AvgIpc) is 3.15. The van der Waals surface area contributed by atoms with E-state index in [1.165, 1.54) is 15.0 Å². The van der Waals surface area contributed by atoms with Crippen molar-refractivity contribution in [1.82, 2.24) is 15.2 Å². The molecule has 4 aromatic rings. The van der Waals surface area contributed by atoms with Gasteiger partial charge in [-0.05, 0) is 29.7 Å². The third kappa shape index (κ3) is 3.54. The molecule has 136 valence electrons. The molecule has 0 spiro atoms. The fraction of sp³-hybridized carbons (Fsp3) is 0.150. The van der Waals surface area contributed by atoms with Crippen LogP contribution in [0.5, 0.6) is 11.5 Å². The van der Waals surface area contributed by atoms with E-state index in [0.29, 0.717) is 29.7 Å². The van der Waals surface area contributed by atoms with Gasteiger partial charge in [0.2, 0.25) is 5.95 Å². The Kier molecular flexibility index (Phi) is 4.84. The second-order valence-electron chi connectivity index (χ2n) is 5.81. The summed E-state index contributed by atoms with van der Waals surface area (Å²) in [6.07, 6.45) is 1.60. The molecule has 0 radical (unpaired) electrons. The fourth-order valence-electron chi connectivity index (χ4n) is 2.89. The lowest BCUT2D eigenvalue weighted by Gasteiger charge is -2.12. The molecular formula is C20H18N4O2S. The minimum absolute atomic E-state index is 0.456. The lowest BCUT2D eigenvalue weighted by Crippen LogP contribution is -2.05. The van der Waals surface area contributed by atoms with Crippen molar-refractivity contribution in [2.45, 2.75) is 6.54 Å². The van der Waals surface area contributed by atoms with E-state index in [1.54, 1.807) is 31.8 Å². The number of benzene rings is 2. The van der Waals surface area contributed by atoms with E-state index in [2.05, 4.69) is 38.7 Å². The third-order valence-corrected chi connectivity index (χ3v) is 5.26. The first-order valence-electron chi connectivity index (χ1n) is 8.41. The Labute approximate surface area is 160 Å². The van der Waals surface area contributed by atoms with Crippen LogP contribution in [-0.2, 0) is 6.54 Å². The highest BCUT2D eigenvalue weighted by Crippen LogP contribution is 2.37. The molecule has 0 unspecified atom stereocenters. The SMILES string of the molecule is COc1cccc(OC)c1-c1cnnc(NCc2cc3ccccc3s2)n1. The molecule has 0 bridgehead atoms. The highest BCUT2D eigenvalue weighted by Gasteiger charge is 2.15. The summed E-state index contributed by atoms with van der Waals surface area (Å²) >= 11 is 1.75. The van der Waals surface area contributed by atoms with Gasteiger partial charge in [0, 0.05) is 9.58 Å². The van der Waals surface area contributed by atoms with Crippen molar-refractivity contribution < 1.29 is 9.47 Å². The quantitative estimate of drug-likeness (QED) is 0.537. The second-order valence-corrected chi connectivity index (χ2v) is 6.98. The summed E-state index contributed by atoms with van der Waals surface area (Å²) in [7, 11) is 3.24. The molecule has 2 heterocycles. The van der Waals surface area contributed by atoms with Gasteiger partial charge >= 0.3 is 0 Å². The molecule has 1 N–H and O–H groups in total. The van der Waals surface area contributed by atoms with Crippen LogP contribution in [-0.4, -0.2) is 29.4 Å². The maximum Gasteiger partial charge on any atom is 0.243 e. The van der Waals surface area contributed by atoms with Gasteiger partial charge in [0.1, 0.15) is 17.2 Å². The molecule has 0 saturated carbocycles. The molecule has 0 aliphatic heterocycles. The Balaban J connectivity index is 1.60. The van der Waals surface area contributed by atoms with Crippen molar-refractivity contribution in [3.05, 3.63) is 59.6 Å². The van der Waals surface area contributed by atoms with Gasteiger partial charge in [-0.15, -0.1) is 16.4 Å². The van der Waals surface area contributed by atoms with E-state index >= 15 is 0 Å². The van der Waals surface area contributed by atoms with E-state index in [4.69, 9.17) is 9.47 Å². The number of rotatable bonds is 6. The van der Waals surface area contributed by atoms with Gasteiger partial charge in [0.15, 0.2) is 0 Å². The van der Waals surface area contributed by atoms with Crippen molar-refractivity contribution >= 4 is 27.4 Å². The zero-order chi connectivity index (χ0) is 18.6. The van der Waals surface area contributed by atoms with Gasteiger partial charge in [0.25, 0.3) is 0 Å². The first-order valence-corrected chi connectivity index (χ1v) is 9.22. The fourth-order valence-corrected chi connectivity index (χ4v) is 3.90. The van der Waals surface area contributed by atoms with Crippen LogP contribution in [0, 0.1) is 0 Å². The number of nitrogens with zero attached hydrogens (tertiary/aromatic N) is 3. The predicted molar refractivity (Wildman–Crippen MR) is 108 cm³/mol. The van der Waals surface area contributed by atoms with Crippen LogP contribution in [0.15, 0.2) is 54.7 Å². The van der Waals surface area contributed by atoms with Crippen LogP contribution >= 0.6 is 11.3 Å². The second kappa shape index (κ2) is 7.59. The minimum Gasteiger partial charge on any atom is -0.496 e. The Morgan fingerprint density at radius 1 is 1.00 bits per heavy atom. The van der Waals surface area contributed by atoms with Crippen LogP contribution < -0.4 is 14.8 Å². The lowest BCUT2D eigenvalue weighted by molar-refractivity contribution is 0.397. The van der Waals surface area contributed by atoms with Crippen molar-refractivity contribution in [2.75, 3.05) is 19.5 Å². The van der Waals surface area contributed by atoms with E-state index in [1.807, 2.05) is 30.3 Å². The molecule has 0 aliphatic carbocycles. The maximum absolute atomic E-state index is 5.46. The molecule has 27 heavy (non-hydrogen) atoms. The summed E-state index contributed by atoms with van der Waals surface area (Å²) in [5.74, 6) is 1.80. The highest BCUT2D eigenvalue weighted by atomic mass is 32.1. The van der Waals surface area contributed by atoms with Crippen molar-refractivity contribution in [3.8, 4) is 22.8 Å². The van der Waals surface area contributed by atoms with Crippen LogP contribution in [0.25, 0.3) is 21.3 Å². The number of thiophene rings is 1. The smallest absolute Gasteiger partial charge is 0.243 e. The third-order valence-electron chi connectivity index (χ3n) is 4.14. The van der Waals surface area contributed by atoms with Gasteiger partial charge in [-0.1, -0.05) is 24.3 Å². The number of nitrogens with one attached hydrogen (secondary N) is 1. The first-order chi connectivity index (χ1) is 13.3. The summed E-state index contributed by atoms with van der Waals surface area (Å²) in [6, 6.07) is 16.1. The Bertz CT molecular complexity index is 1030. The molecular weight excluding hydrogens is 360 g/mol. The molecule has 0 aliphatic rings. The largest absolute Gasteiger partial charge is 0.496 e. The molecule has 2 aromatic heterocycles. The average molecular weight is 378 g/mol. The molecule has 7 heteroatoms. The summed E-state index contributed by atoms with van der Waals surface area (Å²) in [5, 5.41) is 12.7. The number of ether oxygens (including phenoxy) is 2. The lowest BCUT2D eigenvalue weighted by atomic mass is 10.1. The van der Waals surface area contributed by atoms with Crippen LogP contribution in [0.1, 0.15) is 4.88 Å². The van der Waals surface area contributed by atoms with Gasteiger partial charge < -0.3 is 14.8 Å². The first kappa shape index (κ1) is 17.2. The molecule has 4 rings (SSSR count). The van der Waals surface area contributed by atoms with Crippen LogP contribution in [0.4, 0.5) is 5.95 Å². The van der Waals surface area contributed by atoms with Crippen molar-refractivity contribution in [2.24, 2.45) is 0 Å². The van der Waals surface area contributed by atoms with Gasteiger partial charge in [0.05, 0.1) is 32.5 Å². The zero-order valence-electron chi connectivity index (χ0n) is 15.0. The summed E-state index contributed by atoms with van der Waals surface area (Å²) in [6.45, 7) is 0.632. The Morgan fingerprint density at radius 2 is 1.78 bits per heavy atom. The monoisotopic (exact) mass is 378 g/mol.